The number of hydrogen-bond acceptors (Lipinski definition) is 4. The SMILES string of the molecule is NC(=O)c1ncc(N)cc1OC1CC1. The number of pyridine rings is 1. The van der Waals surface area contributed by atoms with Gasteiger partial charge in [-0.2, -0.15) is 0 Å². The van der Waals surface area contributed by atoms with Crippen LogP contribution in [0.5, 0.6) is 5.75 Å². The van der Waals surface area contributed by atoms with Crippen LogP contribution in [0, 0.1) is 0 Å². The van der Waals surface area contributed by atoms with Crippen LogP contribution in [0.25, 0.3) is 0 Å². The van der Waals surface area contributed by atoms with Crippen LogP contribution < -0.4 is 16.2 Å². The molecule has 0 aromatic carbocycles. The molecule has 1 amide bonds. The lowest BCUT2D eigenvalue weighted by Gasteiger charge is -2.07. The third-order valence-corrected chi connectivity index (χ3v) is 1.93. The van der Waals surface area contributed by atoms with Gasteiger partial charge in [0.05, 0.1) is 18.0 Å². The van der Waals surface area contributed by atoms with E-state index in [1.54, 1.807) is 6.07 Å². The van der Waals surface area contributed by atoms with Gasteiger partial charge in [-0.25, -0.2) is 4.98 Å². The monoisotopic (exact) mass is 193 g/mol. The van der Waals surface area contributed by atoms with E-state index in [1.807, 2.05) is 0 Å². The van der Waals surface area contributed by atoms with Crippen LogP contribution >= 0.6 is 0 Å². The lowest BCUT2D eigenvalue weighted by molar-refractivity contribution is 0.0991. The maximum absolute atomic E-state index is 11.0. The molecule has 5 nitrogen and oxygen atoms in total. The molecule has 1 heterocycles. The summed E-state index contributed by atoms with van der Waals surface area (Å²) in [5, 5.41) is 0. The highest BCUT2D eigenvalue weighted by molar-refractivity contribution is 5.93. The summed E-state index contributed by atoms with van der Waals surface area (Å²) in [4.78, 5) is 14.8. The van der Waals surface area contributed by atoms with Crippen molar-refractivity contribution in [1.29, 1.82) is 0 Å². The number of nitrogen functional groups attached to an aromatic ring is 1. The number of carbonyl (C=O) groups excluding carboxylic acids is 1. The van der Waals surface area contributed by atoms with Crippen LogP contribution in [-0.2, 0) is 0 Å². The summed E-state index contributed by atoms with van der Waals surface area (Å²) >= 11 is 0. The average molecular weight is 193 g/mol. The zero-order valence-electron chi connectivity index (χ0n) is 7.56. The molecule has 0 aliphatic heterocycles. The van der Waals surface area contributed by atoms with E-state index in [4.69, 9.17) is 16.2 Å². The van der Waals surface area contributed by atoms with Gasteiger partial charge in [0.2, 0.25) is 0 Å². The molecule has 2 rings (SSSR count). The first-order valence-corrected chi connectivity index (χ1v) is 4.39. The highest BCUT2D eigenvalue weighted by atomic mass is 16.5. The highest BCUT2D eigenvalue weighted by Gasteiger charge is 2.25. The maximum atomic E-state index is 11.0. The van der Waals surface area contributed by atoms with Crippen molar-refractivity contribution >= 4 is 11.6 Å². The quantitative estimate of drug-likeness (QED) is 0.722. The summed E-state index contributed by atoms with van der Waals surface area (Å²) in [6, 6.07) is 1.57. The number of nitrogens with zero attached hydrogens (tertiary/aromatic N) is 1. The molecule has 1 saturated carbocycles. The summed E-state index contributed by atoms with van der Waals surface area (Å²) < 4.78 is 5.46. The molecular formula is C9H11N3O2. The molecule has 0 unspecified atom stereocenters. The van der Waals surface area contributed by atoms with Crippen molar-refractivity contribution in [3.8, 4) is 5.75 Å². The Kier molecular flexibility index (Phi) is 1.99. The average Bonchev–Trinajstić information content (AvgIpc) is 2.87. The van der Waals surface area contributed by atoms with Crippen molar-refractivity contribution in [3.05, 3.63) is 18.0 Å². The molecular weight excluding hydrogens is 182 g/mol. The Morgan fingerprint density at radius 2 is 2.29 bits per heavy atom. The predicted molar refractivity (Wildman–Crippen MR) is 50.8 cm³/mol. The number of ether oxygens (including phenoxy) is 1. The molecule has 0 radical (unpaired) electrons. The van der Waals surface area contributed by atoms with Crippen LogP contribution in [-0.4, -0.2) is 17.0 Å². The van der Waals surface area contributed by atoms with E-state index in [0.29, 0.717) is 11.4 Å². The van der Waals surface area contributed by atoms with Gasteiger partial charge in [0.15, 0.2) is 11.4 Å². The maximum Gasteiger partial charge on any atom is 0.271 e. The van der Waals surface area contributed by atoms with Gasteiger partial charge in [-0.1, -0.05) is 0 Å². The van der Waals surface area contributed by atoms with Crippen LogP contribution in [0.1, 0.15) is 23.3 Å². The molecule has 74 valence electrons. The Balaban J connectivity index is 2.31. The van der Waals surface area contributed by atoms with Crippen molar-refractivity contribution in [2.75, 3.05) is 5.73 Å². The van der Waals surface area contributed by atoms with Gasteiger partial charge in [-0.15, -0.1) is 0 Å². The zero-order chi connectivity index (χ0) is 10.1. The van der Waals surface area contributed by atoms with Gasteiger partial charge in [0, 0.05) is 6.07 Å². The Bertz CT molecular complexity index is 374. The molecule has 1 aliphatic carbocycles. The number of aromatic nitrogens is 1. The van der Waals surface area contributed by atoms with Crippen molar-refractivity contribution in [1.82, 2.24) is 4.98 Å². The first kappa shape index (κ1) is 8.80. The van der Waals surface area contributed by atoms with Gasteiger partial charge >= 0.3 is 0 Å². The molecule has 0 spiro atoms. The fourth-order valence-electron chi connectivity index (χ4n) is 1.10. The lowest BCUT2D eigenvalue weighted by Crippen LogP contribution is -2.15. The largest absolute Gasteiger partial charge is 0.488 e. The first-order valence-electron chi connectivity index (χ1n) is 4.39. The summed E-state index contributed by atoms with van der Waals surface area (Å²) in [6.45, 7) is 0. The fourth-order valence-corrected chi connectivity index (χ4v) is 1.10. The van der Waals surface area contributed by atoms with Crippen molar-refractivity contribution < 1.29 is 9.53 Å². The Hall–Kier alpha value is -1.78. The molecule has 1 aliphatic rings. The summed E-state index contributed by atoms with van der Waals surface area (Å²) in [7, 11) is 0. The van der Waals surface area contributed by atoms with Crippen LogP contribution in [0.3, 0.4) is 0 Å². The number of nitrogens with two attached hydrogens (primary N) is 2. The zero-order valence-corrected chi connectivity index (χ0v) is 7.56. The third-order valence-electron chi connectivity index (χ3n) is 1.93. The van der Waals surface area contributed by atoms with E-state index in [0.717, 1.165) is 12.8 Å². The molecule has 0 saturated heterocycles. The van der Waals surface area contributed by atoms with E-state index in [9.17, 15) is 4.79 Å². The van der Waals surface area contributed by atoms with Crippen LogP contribution in [0.2, 0.25) is 0 Å². The van der Waals surface area contributed by atoms with Gasteiger partial charge < -0.3 is 16.2 Å². The number of primary amides is 1. The van der Waals surface area contributed by atoms with Gasteiger partial charge in [0.25, 0.3) is 5.91 Å². The van der Waals surface area contributed by atoms with Gasteiger partial charge in [0.1, 0.15) is 0 Å². The lowest BCUT2D eigenvalue weighted by atomic mass is 10.3. The predicted octanol–water partition coefficient (Wildman–Crippen LogP) is 0.304. The molecule has 4 N–H and O–H groups in total. The molecule has 1 fully saturated rings. The Labute approximate surface area is 81.1 Å². The van der Waals surface area contributed by atoms with Crippen molar-refractivity contribution in [2.24, 2.45) is 5.73 Å². The number of anilines is 1. The smallest absolute Gasteiger partial charge is 0.271 e. The molecule has 1 aromatic heterocycles. The normalized spacial score (nSPS) is 15.1. The second kappa shape index (κ2) is 3.17. The third kappa shape index (κ3) is 1.76. The summed E-state index contributed by atoms with van der Waals surface area (Å²) in [6.07, 6.45) is 3.59. The standard InChI is InChI=1S/C9H11N3O2/c10-5-3-7(14-6-1-2-6)8(9(11)13)12-4-5/h3-4,6H,1-2,10H2,(H2,11,13). The Morgan fingerprint density at radius 1 is 1.57 bits per heavy atom. The van der Waals surface area contributed by atoms with E-state index in [1.165, 1.54) is 6.20 Å². The minimum atomic E-state index is -0.597. The topological polar surface area (TPSA) is 91.2 Å². The number of carbonyl (C=O) groups is 1. The van der Waals surface area contributed by atoms with E-state index >= 15 is 0 Å². The summed E-state index contributed by atoms with van der Waals surface area (Å²) in [5.74, 6) is -0.208. The second-order valence-corrected chi connectivity index (χ2v) is 3.30. The van der Waals surface area contributed by atoms with Crippen LogP contribution in [0.4, 0.5) is 5.69 Å². The summed E-state index contributed by atoms with van der Waals surface area (Å²) in [5.41, 5.74) is 11.3. The minimum Gasteiger partial charge on any atom is -0.488 e. The number of rotatable bonds is 3. The van der Waals surface area contributed by atoms with Crippen LogP contribution in [0.15, 0.2) is 12.3 Å². The molecule has 14 heavy (non-hydrogen) atoms. The highest BCUT2D eigenvalue weighted by Crippen LogP contribution is 2.29. The molecule has 5 heteroatoms. The van der Waals surface area contributed by atoms with E-state index < -0.39 is 5.91 Å². The molecule has 0 atom stereocenters. The second-order valence-electron chi connectivity index (χ2n) is 3.30. The van der Waals surface area contributed by atoms with E-state index in [-0.39, 0.29) is 11.8 Å². The Morgan fingerprint density at radius 3 is 2.86 bits per heavy atom. The fraction of sp³-hybridized carbons (Fsp3) is 0.333. The number of amides is 1. The number of hydrogen-bond donors (Lipinski definition) is 2. The van der Waals surface area contributed by atoms with Gasteiger partial charge in [-0.05, 0) is 12.8 Å². The van der Waals surface area contributed by atoms with E-state index in [2.05, 4.69) is 4.98 Å². The van der Waals surface area contributed by atoms with Crippen molar-refractivity contribution in [3.63, 3.8) is 0 Å². The first-order chi connectivity index (χ1) is 6.66. The minimum absolute atomic E-state index is 0.145. The van der Waals surface area contributed by atoms with Crippen molar-refractivity contribution in [2.45, 2.75) is 18.9 Å². The van der Waals surface area contributed by atoms with Gasteiger partial charge in [-0.3, -0.25) is 4.79 Å². The molecule has 1 aromatic rings. The molecule has 0 bridgehead atoms.